The van der Waals surface area contributed by atoms with Gasteiger partial charge in [-0.1, -0.05) is 48.5 Å². The maximum atomic E-state index is 11.9. The molecule has 0 aliphatic rings. The van der Waals surface area contributed by atoms with E-state index in [1.54, 1.807) is 54.6 Å². The Morgan fingerprint density at radius 3 is 2.43 bits per heavy atom. The Bertz CT molecular complexity index is 765. The summed E-state index contributed by atoms with van der Waals surface area (Å²) < 4.78 is 24.8. The van der Waals surface area contributed by atoms with Crippen LogP contribution in [-0.2, 0) is 10.0 Å². The van der Waals surface area contributed by atoms with Gasteiger partial charge in [-0.3, -0.25) is 9.52 Å². The van der Waals surface area contributed by atoms with Gasteiger partial charge in [-0.2, -0.15) is 0 Å². The maximum absolute atomic E-state index is 11.9. The average Bonchev–Trinajstić information content (AvgIpc) is 2.44. The summed E-state index contributed by atoms with van der Waals surface area (Å²) in [6.07, 6.45) is 4.21. The van der Waals surface area contributed by atoms with Gasteiger partial charge in [0.25, 0.3) is 0 Å². The number of rotatable bonds is 5. The van der Waals surface area contributed by atoms with E-state index in [2.05, 4.69) is 4.72 Å². The number of allylic oxidation sites excluding steroid dienone is 1. The van der Waals surface area contributed by atoms with Crippen molar-refractivity contribution in [1.82, 2.24) is 0 Å². The van der Waals surface area contributed by atoms with Crippen molar-refractivity contribution in [1.29, 1.82) is 0 Å². The van der Waals surface area contributed by atoms with E-state index < -0.39 is 10.0 Å². The molecule has 2 aromatic carbocycles. The molecule has 21 heavy (non-hydrogen) atoms. The molecule has 1 N–H and O–H groups in total. The first-order valence-corrected chi connectivity index (χ1v) is 8.18. The number of hydrogen-bond donors (Lipinski definition) is 1. The fraction of sp³-hybridized carbons (Fsp3) is 0.0625. The summed E-state index contributed by atoms with van der Waals surface area (Å²) in [4.78, 5) is 11.9. The van der Waals surface area contributed by atoms with Crippen molar-refractivity contribution in [3.05, 3.63) is 71.8 Å². The summed E-state index contributed by atoms with van der Waals surface area (Å²) in [6, 6.07) is 15.8. The summed E-state index contributed by atoms with van der Waals surface area (Å²) in [7, 11) is -3.31. The Balaban J connectivity index is 2.15. The van der Waals surface area contributed by atoms with Crippen LogP contribution in [0.15, 0.2) is 60.7 Å². The van der Waals surface area contributed by atoms with E-state index in [0.29, 0.717) is 11.3 Å². The van der Waals surface area contributed by atoms with Crippen LogP contribution in [0.3, 0.4) is 0 Å². The molecule has 0 unspecified atom stereocenters. The summed E-state index contributed by atoms with van der Waals surface area (Å²) in [6.45, 7) is 0. The van der Waals surface area contributed by atoms with E-state index in [9.17, 15) is 13.2 Å². The lowest BCUT2D eigenvalue weighted by Gasteiger charge is -2.04. The highest BCUT2D eigenvalue weighted by Gasteiger charge is 2.02. The molecule has 2 aromatic rings. The summed E-state index contributed by atoms with van der Waals surface area (Å²) in [5.74, 6) is -0.0999. The van der Waals surface area contributed by atoms with Gasteiger partial charge in [-0.25, -0.2) is 8.42 Å². The van der Waals surface area contributed by atoms with Gasteiger partial charge in [0.05, 0.1) is 6.26 Å². The van der Waals surface area contributed by atoms with Crippen LogP contribution in [0.25, 0.3) is 6.08 Å². The second kappa shape index (κ2) is 6.37. The summed E-state index contributed by atoms with van der Waals surface area (Å²) in [5.41, 5.74) is 1.82. The molecular weight excluding hydrogens is 286 g/mol. The van der Waals surface area contributed by atoms with E-state index in [0.717, 1.165) is 11.8 Å². The monoisotopic (exact) mass is 301 g/mol. The summed E-state index contributed by atoms with van der Waals surface area (Å²) in [5, 5.41) is 0. The van der Waals surface area contributed by atoms with Gasteiger partial charge in [0.1, 0.15) is 0 Å². The molecule has 5 heteroatoms. The zero-order valence-corrected chi connectivity index (χ0v) is 12.3. The largest absolute Gasteiger partial charge is 0.289 e. The predicted octanol–water partition coefficient (Wildman–Crippen LogP) is 2.95. The van der Waals surface area contributed by atoms with E-state index in [1.165, 1.54) is 6.08 Å². The maximum Gasteiger partial charge on any atom is 0.229 e. The number of sulfonamides is 1. The molecule has 4 nitrogen and oxygen atoms in total. The molecule has 0 atom stereocenters. The Morgan fingerprint density at radius 1 is 1.05 bits per heavy atom. The van der Waals surface area contributed by atoms with E-state index in [4.69, 9.17) is 0 Å². The highest BCUT2D eigenvalue weighted by Crippen LogP contribution is 2.13. The number of anilines is 1. The SMILES string of the molecule is CS(=O)(=O)Nc1cccc(C=CC(=O)c2ccccc2)c1. The minimum Gasteiger partial charge on any atom is -0.289 e. The van der Waals surface area contributed by atoms with Crippen LogP contribution in [0.5, 0.6) is 0 Å². The lowest BCUT2D eigenvalue weighted by molar-refractivity contribution is 0.104. The van der Waals surface area contributed by atoms with Crippen molar-refractivity contribution in [2.45, 2.75) is 0 Å². The Morgan fingerprint density at radius 2 is 1.76 bits per heavy atom. The van der Waals surface area contributed by atoms with Gasteiger partial charge in [-0.15, -0.1) is 0 Å². The van der Waals surface area contributed by atoms with Gasteiger partial charge < -0.3 is 0 Å². The van der Waals surface area contributed by atoms with Gasteiger partial charge in [0.2, 0.25) is 10.0 Å². The number of hydrogen-bond acceptors (Lipinski definition) is 3. The van der Waals surface area contributed by atoms with E-state index in [1.807, 2.05) is 6.07 Å². The second-order valence-electron chi connectivity index (χ2n) is 4.56. The van der Waals surface area contributed by atoms with Crippen molar-refractivity contribution in [3.8, 4) is 0 Å². The van der Waals surface area contributed by atoms with Gasteiger partial charge in [0, 0.05) is 11.3 Å². The molecule has 0 spiro atoms. The van der Waals surface area contributed by atoms with Crippen molar-refractivity contribution in [2.24, 2.45) is 0 Å². The first-order valence-electron chi connectivity index (χ1n) is 6.29. The highest BCUT2D eigenvalue weighted by molar-refractivity contribution is 7.92. The molecule has 108 valence electrons. The first kappa shape index (κ1) is 15.0. The molecule has 0 amide bonds. The normalized spacial score (nSPS) is 11.5. The number of benzene rings is 2. The quantitative estimate of drug-likeness (QED) is 0.682. The van der Waals surface area contributed by atoms with Crippen LogP contribution in [0.2, 0.25) is 0 Å². The molecule has 0 heterocycles. The van der Waals surface area contributed by atoms with Crippen molar-refractivity contribution in [3.63, 3.8) is 0 Å². The number of carbonyl (C=O) groups is 1. The Hall–Kier alpha value is -2.40. The van der Waals surface area contributed by atoms with E-state index >= 15 is 0 Å². The molecule has 0 saturated heterocycles. The minimum atomic E-state index is -3.31. The van der Waals surface area contributed by atoms with E-state index in [-0.39, 0.29) is 5.78 Å². The topological polar surface area (TPSA) is 63.2 Å². The lowest BCUT2D eigenvalue weighted by Crippen LogP contribution is -2.09. The molecular formula is C16H15NO3S. The van der Waals surface area contributed by atoms with Crippen LogP contribution >= 0.6 is 0 Å². The minimum absolute atomic E-state index is 0.0999. The number of nitrogens with one attached hydrogen (secondary N) is 1. The smallest absolute Gasteiger partial charge is 0.229 e. The zero-order valence-electron chi connectivity index (χ0n) is 11.5. The fourth-order valence-electron chi connectivity index (χ4n) is 1.79. The number of ketones is 1. The third-order valence-electron chi connectivity index (χ3n) is 2.68. The molecule has 0 saturated carbocycles. The van der Waals surface area contributed by atoms with Gasteiger partial charge in [0.15, 0.2) is 5.78 Å². The van der Waals surface area contributed by atoms with Crippen molar-refractivity contribution in [2.75, 3.05) is 11.0 Å². The Kier molecular flexibility index (Phi) is 4.55. The Labute approximate surface area is 124 Å². The van der Waals surface area contributed by atoms with Crippen LogP contribution in [0.4, 0.5) is 5.69 Å². The zero-order chi connectivity index (χ0) is 15.3. The van der Waals surface area contributed by atoms with Crippen LogP contribution in [0, 0.1) is 0 Å². The first-order chi connectivity index (χ1) is 9.94. The van der Waals surface area contributed by atoms with Crippen LogP contribution in [-0.4, -0.2) is 20.5 Å². The molecule has 0 radical (unpaired) electrons. The molecule has 0 aliphatic carbocycles. The van der Waals surface area contributed by atoms with Crippen LogP contribution in [0.1, 0.15) is 15.9 Å². The van der Waals surface area contributed by atoms with Crippen molar-refractivity contribution < 1.29 is 13.2 Å². The highest BCUT2D eigenvalue weighted by atomic mass is 32.2. The molecule has 0 fully saturated rings. The summed E-state index contributed by atoms with van der Waals surface area (Å²) >= 11 is 0. The predicted molar refractivity (Wildman–Crippen MR) is 84.7 cm³/mol. The second-order valence-corrected chi connectivity index (χ2v) is 6.31. The standard InChI is InChI=1S/C16H15NO3S/c1-21(19,20)17-15-9-5-6-13(12-15)10-11-16(18)14-7-3-2-4-8-14/h2-12,17H,1H3. The molecule has 0 aliphatic heterocycles. The van der Waals surface area contributed by atoms with Gasteiger partial charge in [-0.05, 0) is 23.8 Å². The lowest BCUT2D eigenvalue weighted by atomic mass is 10.1. The number of carbonyl (C=O) groups excluding carboxylic acids is 1. The van der Waals surface area contributed by atoms with Gasteiger partial charge >= 0.3 is 0 Å². The molecule has 2 rings (SSSR count). The third-order valence-corrected chi connectivity index (χ3v) is 3.28. The fourth-order valence-corrected chi connectivity index (χ4v) is 2.35. The molecule has 0 aromatic heterocycles. The average molecular weight is 301 g/mol. The van der Waals surface area contributed by atoms with Crippen LogP contribution < -0.4 is 4.72 Å². The van der Waals surface area contributed by atoms with Crippen molar-refractivity contribution >= 4 is 27.6 Å². The molecule has 0 bridgehead atoms. The third kappa shape index (κ3) is 4.89.